The zero-order valence-corrected chi connectivity index (χ0v) is 59.4. The largest absolute Gasteiger partial charge is 0.508 e. The van der Waals surface area contributed by atoms with Crippen molar-refractivity contribution in [2.45, 2.75) is 199 Å². The van der Waals surface area contributed by atoms with Gasteiger partial charge in [0.2, 0.25) is 9.70 Å². The van der Waals surface area contributed by atoms with Crippen molar-refractivity contribution in [3.63, 3.8) is 0 Å². The predicted octanol–water partition coefficient (Wildman–Crippen LogP) is 4.08. The van der Waals surface area contributed by atoms with Crippen LogP contribution < -0.4 is 10.6 Å². The molecule has 0 unspecified atom stereocenters. The van der Waals surface area contributed by atoms with Gasteiger partial charge in [0.05, 0.1) is 33.0 Å². The molecule has 2 aromatic carbocycles. The molecule has 3 N–H and O–H groups in total. The van der Waals surface area contributed by atoms with Crippen molar-refractivity contribution in [2.75, 3.05) is 39.6 Å². The highest BCUT2D eigenvalue weighted by Gasteiger charge is 2.61. The van der Waals surface area contributed by atoms with Gasteiger partial charge in [-0.1, -0.05) is 136 Å². The number of hydrogen-bond donors (Lipinski definition) is 3. The minimum absolute atomic E-state index is 0.0895. The molecule has 32 nitrogen and oxygen atoms in total. The van der Waals surface area contributed by atoms with Gasteiger partial charge in [0.25, 0.3) is 9.70 Å². The number of esters is 7. The molecule has 2 aromatic rings. The average Bonchev–Trinajstić information content (AvgIpc) is 0.765. The Bertz CT molecular complexity index is 3100. The van der Waals surface area contributed by atoms with Gasteiger partial charge in [-0.05, 0) is 11.1 Å². The molecule has 4 fully saturated rings. The summed E-state index contributed by atoms with van der Waals surface area (Å²) in [7, 11) is 0. The fourth-order valence-electron chi connectivity index (χ4n) is 10.7. The molecule has 556 valence electrons. The third-order valence-electron chi connectivity index (χ3n) is 14.5. The van der Waals surface area contributed by atoms with Crippen LogP contribution in [0.3, 0.4) is 0 Å². The standard InChI is InChI=1S/C62H76Cl6N2O30/c1-10-21-84-55-44(69-29(2)71)50(100-60(81)87-28-61(63,64)65)47(40(93-55)25-83-23-38-19-15-12-16-20-38)98-58-54(92-36(9)78)52(49(89-33(6)75)42(96-58)27-86-31(4)73)99-56-43(70-59(80)62(66,67)68)45(79)46(39(94-56)24-82-22-37-17-13-11-14-18-37)97-57-53(91-35(8)77)51(90-34(7)76)48(88-32(5)74)41(95-57)26-85-30(3)72/h10-20,39-58,79H,1,21-28H2,2-9H3,(H,69,71)(H,70,80)/t39-,40-,41-,42-,43-,44-,45-,46-,47-,48-,49+,50-,51+,52+,53-,54-,55-,56+,57+,58+/m1/s1. The summed E-state index contributed by atoms with van der Waals surface area (Å²) in [6.07, 6.45) is -34.8. The van der Waals surface area contributed by atoms with E-state index >= 15 is 0 Å². The summed E-state index contributed by atoms with van der Waals surface area (Å²) in [5.41, 5.74) is 1.24. The molecule has 0 bridgehead atoms. The zero-order chi connectivity index (χ0) is 73.8. The number of carbonyl (C=O) groups excluding carboxylic acids is 10. The van der Waals surface area contributed by atoms with E-state index in [1.54, 1.807) is 60.7 Å². The average molecular weight is 1540 g/mol. The molecular formula is C62H76Cl6N2O30. The predicted molar refractivity (Wildman–Crippen MR) is 341 cm³/mol. The number of benzene rings is 2. The van der Waals surface area contributed by atoms with Crippen molar-refractivity contribution < 1.29 is 143 Å². The molecule has 38 heteroatoms. The Kier molecular flexibility index (Phi) is 32.4. The SMILES string of the molecule is C=CCO[C@@H]1O[C@H](COCc2ccccc2)[C@@H](O[C@@H]2O[C@H](COC(C)=O)[C@H](OC(C)=O)[C@H](O[C@@H]3O[C@H](COCc4ccccc4)[C@@H](O[C@@H]4O[C@H](COC(C)=O)[C@@H](OC(C)=O)[C@H](OC(C)=O)[C@H]4OC(C)=O)[C@H](O)[C@H]3NC(=O)C(Cl)(Cl)Cl)[C@H]2OC(C)=O)[C@H](OC(=O)OCC(Cl)(Cl)Cl)[C@H]1NC(C)=O. The summed E-state index contributed by atoms with van der Waals surface area (Å²) in [6, 6.07) is 13.5. The van der Waals surface area contributed by atoms with Gasteiger partial charge in [-0.25, -0.2) is 4.79 Å². The van der Waals surface area contributed by atoms with Gasteiger partial charge in [0.1, 0.15) is 80.7 Å². The lowest BCUT2D eigenvalue weighted by Gasteiger charge is -2.51. The second kappa shape index (κ2) is 39.0. The molecule has 0 radical (unpaired) electrons. The van der Waals surface area contributed by atoms with Crippen molar-refractivity contribution in [3.8, 4) is 0 Å². The first-order valence-electron chi connectivity index (χ1n) is 30.5. The van der Waals surface area contributed by atoms with E-state index < -0.39 is 223 Å². The maximum Gasteiger partial charge on any atom is 0.508 e. The lowest BCUT2D eigenvalue weighted by Crippen LogP contribution is -2.71. The number of carbonyl (C=O) groups is 10. The molecule has 0 saturated carbocycles. The normalized spacial score (nSPS) is 29.8. The monoisotopic (exact) mass is 1540 g/mol. The quantitative estimate of drug-likeness (QED) is 0.0429. The van der Waals surface area contributed by atoms with Crippen LogP contribution in [-0.2, 0) is 146 Å². The molecule has 100 heavy (non-hydrogen) atoms. The fraction of sp³-hybridized carbons (Fsp3) is 0.613. The van der Waals surface area contributed by atoms with Gasteiger partial charge < -0.3 is 106 Å². The first-order valence-corrected chi connectivity index (χ1v) is 32.8. The van der Waals surface area contributed by atoms with Crippen LogP contribution in [0.25, 0.3) is 0 Å². The van der Waals surface area contributed by atoms with Crippen molar-refractivity contribution in [3.05, 3.63) is 84.4 Å². The van der Waals surface area contributed by atoms with Crippen LogP contribution in [-0.4, -0.2) is 235 Å². The highest BCUT2D eigenvalue weighted by Crippen LogP contribution is 2.40. The Morgan fingerprint density at radius 3 is 1.32 bits per heavy atom. The number of nitrogens with one attached hydrogen (secondary N) is 2. The summed E-state index contributed by atoms with van der Waals surface area (Å²) >= 11 is 36.4. The first kappa shape index (κ1) is 82.9. The molecule has 4 heterocycles. The number of amides is 2. The summed E-state index contributed by atoms with van der Waals surface area (Å²) < 4.78 is 110. The second-order valence-electron chi connectivity index (χ2n) is 22.5. The van der Waals surface area contributed by atoms with Crippen LogP contribution in [0.5, 0.6) is 0 Å². The Morgan fingerprint density at radius 1 is 0.460 bits per heavy atom. The fourth-order valence-corrected chi connectivity index (χ4v) is 11.0. The Balaban J connectivity index is 1.56. The Labute approximate surface area is 603 Å². The van der Waals surface area contributed by atoms with E-state index in [2.05, 4.69) is 17.2 Å². The van der Waals surface area contributed by atoms with Crippen LogP contribution in [0.4, 0.5) is 4.79 Å². The molecule has 6 rings (SSSR count). The van der Waals surface area contributed by atoms with Crippen LogP contribution in [0.2, 0.25) is 0 Å². The summed E-state index contributed by atoms with van der Waals surface area (Å²) in [6.45, 7) is 7.45. The summed E-state index contributed by atoms with van der Waals surface area (Å²) in [5.74, 6) is -9.33. The number of rotatable bonds is 30. The Morgan fingerprint density at radius 2 is 0.870 bits per heavy atom. The second-order valence-corrected chi connectivity index (χ2v) is 27.3. The number of aliphatic hydroxyl groups is 1. The molecule has 20 atom stereocenters. The number of hydrogen-bond acceptors (Lipinski definition) is 30. The smallest absolute Gasteiger partial charge is 0.463 e. The van der Waals surface area contributed by atoms with Crippen LogP contribution in [0, 0.1) is 0 Å². The van der Waals surface area contributed by atoms with Crippen molar-refractivity contribution in [2.24, 2.45) is 0 Å². The van der Waals surface area contributed by atoms with Crippen molar-refractivity contribution in [1.82, 2.24) is 10.6 Å². The molecule has 4 saturated heterocycles. The maximum absolute atomic E-state index is 14.1. The number of aliphatic hydroxyl groups excluding tert-OH is 1. The van der Waals surface area contributed by atoms with Crippen LogP contribution >= 0.6 is 69.6 Å². The Hall–Kier alpha value is -6.02. The minimum atomic E-state index is -2.89. The molecule has 2 amide bonds. The van der Waals surface area contributed by atoms with Crippen molar-refractivity contribution in [1.29, 1.82) is 0 Å². The molecular weight excluding hydrogens is 1470 g/mol. The minimum Gasteiger partial charge on any atom is -0.463 e. The van der Waals surface area contributed by atoms with E-state index in [1.165, 1.54) is 6.08 Å². The summed E-state index contributed by atoms with van der Waals surface area (Å²) in [5, 5.41) is 18.0. The van der Waals surface area contributed by atoms with E-state index in [0.29, 0.717) is 11.1 Å². The van der Waals surface area contributed by atoms with E-state index in [0.717, 1.165) is 55.4 Å². The molecule has 4 aliphatic rings. The number of ether oxygens (including phenoxy) is 19. The first-order chi connectivity index (χ1) is 47.1. The lowest BCUT2D eigenvalue weighted by atomic mass is 9.93. The van der Waals surface area contributed by atoms with Crippen LogP contribution in [0.1, 0.15) is 66.5 Å². The van der Waals surface area contributed by atoms with Gasteiger partial charge in [0.15, 0.2) is 61.8 Å². The summed E-state index contributed by atoms with van der Waals surface area (Å²) in [4.78, 5) is 132. The van der Waals surface area contributed by atoms with Gasteiger partial charge >= 0.3 is 47.9 Å². The van der Waals surface area contributed by atoms with Crippen molar-refractivity contribution >= 4 is 129 Å². The van der Waals surface area contributed by atoms with E-state index in [1.807, 2.05) is 0 Å². The molecule has 4 aliphatic heterocycles. The van der Waals surface area contributed by atoms with Crippen LogP contribution in [0.15, 0.2) is 73.3 Å². The highest BCUT2D eigenvalue weighted by molar-refractivity contribution is 6.76. The number of alkyl halides is 6. The van der Waals surface area contributed by atoms with E-state index in [9.17, 15) is 53.1 Å². The van der Waals surface area contributed by atoms with E-state index in [4.69, 9.17) is 160 Å². The van der Waals surface area contributed by atoms with Gasteiger partial charge in [-0.2, -0.15) is 0 Å². The maximum atomic E-state index is 14.1. The molecule has 0 aliphatic carbocycles. The van der Waals surface area contributed by atoms with Gasteiger partial charge in [0, 0.05) is 55.4 Å². The molecule has 0 spiro atoms. The van der Waals surface area contributed by atoms with Gasteiger partial charge in [-0.3, -0.25) is 43.2 Å². The molecule has 0 aromatic heterocycles. The zero-order valence-electron chi connectivity index (χ0n) is 54.8. The van der Waals surface area contributed by atoms with E-state index in [-0.39, 0.29) is 19.8 Å². The third-order valence-corrected chi connectivity index (χ3v) is 15.3. The third kappa shape index (κ3) is 25.7. The lowest BCUT2D eigenvalue weighted by molar-refractivity contribution is -0.379. The highest BCUT2D eigenvalue weighted by atomic mass is 35.6. The topological polar surface area (TPSA) is 390 Å². The number of halogens is 6. The van der Waals surface area contributed by atoms with Gasteiger partial charge in [-0.15, -0.1) is 6.58 Å².